The molecule has 88 valence electrons. The molecule has 17 heavy (non-hydrogen) atoms. The molecular weight excluding hydrogens is 254 g/mol. The maximum Gasteiger partial charge on any atom is 0.0527 e. The molecule has 5 heteroatoms. The highest BCUT2D eigenvalue weighted by atomic mass is 35.5. The molecule has 0 unspecified atom stereocenters. The Kier molecular flexibility index (Phi) is 4.25. The van der Waals surface area contributed by atoms with Gasteiger partial charge in [-0.1, -0.05) is 17.7 Å². The van der Waals surface area contributed by atoms with Crippen molar-refractivity contribution in [3.05, 3.63) is 53.3 Å². The highest BCUT2D eigenvalue weighted by molar-refractivity contribution is 7.98. The van der Waals surface area contributed by atoms with Crippen molar-refractivity contribution in [2.24, 2.45) is 5.84 Å². The van der Waals surface area contributed by atoms with Crippen LogP contribution in [0.5, 0.6) is 0 Å². The Hall–Kier alpha value is -1.23. The lowest BCUT2D eigenvalue weighted by atomic mass is 10.3. The first-order valence-electron chi connectivity index (χ1n) is 5.08. The first-order chi connectivity index (χ1) is 8.28. The lowest BCUT2D eigenvalue weighted by Gasteiger charge is -2.04. The van der Waals surface area contributed by atoms with Gasteiger partial charge in [-0.3, -0.25) is 10.8 Å². The predicted molar refractivity (Wildman–Crippen MR) is 73.1 cm³/mol. The zero-order chi connectivity index (χ0) is 12.1. The molecule has 0 fully saturated rings. The lowest BCUT2D eigenvalue weighted by Crippen LogP contribution is -2.07. The van der Waals surface area contributed by atoms with E-state index in [2.05, 4.69) is 10.4 Å². The van der Waals surface area contributed by atoms with Gasteiger partial charge in [-0.15, -0.1) is 11.8 Å². The summed E-state index contributed by atoms with van der Waals surface area (Å²) in [5, 5.41) is 0.750. The molecule has 0 aliphatic rings. The Morgan fingerprint density at radius 2 is 2.18 bits per heavy atom. The molecular formula is C12H12ClN3S. The van der Waals surface area contributed by atoms with Crippen molar-refractivity contribution in [1.29, 1.82) is 0 Å². The van der Waals surface area contributed by atoms with Gasteiger partial charge in [-0.2, -0.15) is 0 Å². The van der Waals surface area contributed by atoms with Gasteiger partial charge in [-0.05, 0) is 30.3 Å². The van der Waals surface area contributed by atoms with E-state index in [9.17, 15) is 0 Å². The van der Waals surface area contributed by atoms with E-state index < -0.39 is 0 Å². The average Bonchev–Trinajstić information content (AvgIpc) is 2.37. The van der Waals surface area contributed by atoms with Crippen LogP contribution in [0.3, 0.4) is 0 Å². The molecule has 3 N–H and O–H groups in total. The van der Waals surface area contributed by atoms with E-state index in [1.165, 1.54) is 0 Å². The quantitative estimate of drug-likeness (QED) is 0.506. The van der Waals surface area contributed by atoms with Crippen LogP contribution in [0.25, 0.3) is 0 Å². The second-order valence-corrected chi connectivity index (χ2v) is 4.91. The minimum Gasteiger partial charge on any atom is -0.324 e. The highest BCUT2D eigenvalue weighted by Crippen LogP contribution is 2.25. The Balaban J connectivity index is 2.02. The number of pyridine rings is 1. The molecule has 0 saturated heterocycles. The van der Waals surface area contributed by atoms with Crippen LogP contribution in [0.15, 0.2) is 47.5 Å². The van der Waals surface area contributed by atoms with Crippen molar-refractivity contribution >= 4 is 29.1 Å². The fourth-order valence-corrected chi connectivity index (χ4v) is 2.47. The van der Waals surface area contributed by atoms with E-state index in [1.54, 1.807) is 18.0 Å². The minimum atomic E-state index is 0.750. The molecule has 2 aromatic rings. The van der Waals surface area contributed by atoms with Crippen LogP contribution >= 0.6 is 23.4 Å². The van der Waals surface area contributed by atoms with Crippen molar-refractivity contribution < 1.29 is 0 Å². The Labute approximate surface area is 109 Å². The second-order valence-electron chi connectivity index (χ2n) is 3.43. The zero-order valence-electron chi connectivity index (χ0n) is 9.06. The van der Waals surface area contributed by atoms with E-state index in [1.807, 2.05) is 36.4 Å². The third kappa shape index (κ3) is 3.63. The molecule has 0 spiro atoms. The predicted octanol–water partition coefficient (Wildman–Crippen LogP) is 3.31. The Morgan fingerprint density at radius 1 is 1.29 bits per heavy atom. The molecule has 1 aromatic heterocycles. The zero-order valence-corrected chi connectivity index (χ0v) is 10.6. The summed E-state index contributed by atoms with van der Waals surface area (Å²) in [6.45, 7) is 0. The van der Waals surface area contributed by atoms with Crippen LogP contribution in [-0.4, -0.2) is 4.98 Å². The summed E-state index contributed by atoms with van der Waals surface area (Å²) in [5.74, 6) is 6.13. The molecule has 0 bridgehead atoms. The van der Waals surface area contributed by atoms with Gasteiger partial charge < -0.3 is 5.43 Å². The number of nitrogens with zero attached hydrogens (tertiary/aromatic N) is 1. The highest BCUT2D eigenvalue weighted by Gasteiger charge is 1.99. The van der Waals surface area contributed by atoms with Gasteiger partial charge in [0.1, 0.15) is 0 Å². The maximum absolute atomic E-state index is 5.92. The lowest BCUT2D eigenvalue weighted by molar-refractivity contribution is 1.16. The number of rotatable bonds is 4. The molecule has 0 amide bonds. The van der Waals surface area contributed by atoms with Gasteiger partial charge in [0, 0.05) is 21.9 Å². The number of halogens is 1. The summed E-state index contributed by atoms with van der Waals surface area (Å²) >= 11 is 7.61. The monoisotopic (exact) mass is 265 g/mol. The average molecular weight is 266 g/mol. The fraction of sp³-hybridized carbons (Fsp3) is 0.0833. The number of nitrogens with one attached hydrogen (secondary N) is 1. The molecule has 1 aromatic carbocycles. The third-order valence-corrected chi connectivity index (χ3v) is 3.43. The van der Waals surface area contributed by atoms with Crippen LogP contribution in [0, 0.1) is 0 Å². The van der Waals surface area contributed by atoms with Crippen LogP contribution < -0.4 is 11.3 Å². The van der Waals surface area contributed by atoms with Gasteiger partial charge in [-0.25, -0.2) is 0 Å². The molecule has 1 heterocycles. The summed E-state index contributed by atoms with van der Waals surface area (Å²) in [7, 11) is 0. The summed E-state index contributed by atoms with van der Waals surface area (Å²) < 4.78 is 0. The number of benzene rings is 1. The van der Waals surface area contributed by atoms with E-state index in [4.69, 9.17) is 17.4 Å². The van der Waals surface area contributed by atoms with Crippen LogP contribution in [-0.2, 0) is 5.75 Å². The second kappa shape index (κ2) is 5.91. The van der Waals surface area contributed by atoms with Crippen molar-refractivity contribution in [2.45, 2.75) is 10.6 Å². The third-order valence-electron chi connectivity index (χ3n) is 2.17. The largest absolute Gasteiger partial charge is 0.324 e. The number of aromatic nitrogens is 1. The minimum absolute atomic E-state index is 0.750. The van der Waals surface area contributed by atoms with E-state index in [0.29, 0.717) is 0 Å². The molecule has 2 rings (SSSR count). The molecule has 0 saturated carbocycles. The molecule has 0 aliphatic heterocycles. The normalized spacial score (nSPS) is 10.2. The first-order valence-corrected chi connectivity index (χ1v) is 6.44. The molecule has 0 radical (unpaired) electrons. The van der Waals surface area contributed by atoms with Gasteiger partial charge in [0.25, 0.3) is 0 Å². The number of thioether (sulfide) groups is 1. The number of nitrogens with two attached hydrogens (primary N) is 1. The fourth-order valence-electron chi connectivity index (χ4n) is 1.36. The molecule has 0 atom stereocenters. The SMILES string of the molecule is NNc1ccnc(CSc2cccc(Cl)c2)c1. The number of anilines is 1. The van der Waals surface area contributed by atoms with Gasteiger partial charge >= 0.3 is 0 Å². The van der Waals surface area contributed by atoms with E-state index in [-0.39, 0.29) is 0 Å². The van der Waals surface area contributed by atoms with Gasteiger partial charge in [0.2, 0.25) is 0 Å². The van der Waals surface area contributed by atoms with Crippen LogP contribution in [0.4, 0.5) is 5.69 Å². The van der Waals surface area contributed by atoms with Crippen LogP contribution in [0.2, 0.25) is 5.02 Å². The number of hydrazine groups is 1. The number of hydrogen-bond acceptors (Lipinski definition) is 4. The van der Waals surface area contributed by atoms with Crippen molar-refractivity contribution in [2.75, 3.05) is 5.43 Å². The summed E-state index contributed by atoms with van der Waals surface area (Å²) in [6, 6.07) is 11.5. The van der Waals surface area contributed by atoms with E-state index in [0.717, 1.165) is 27.1 Å². The number of nitrogen functional groups attached to an aromatic ring is 1. The van der Waals surface area contributed by atoms with E-state index >= 15 is 0 Å². The van der Waals surface area contributed by atoms with Crippen LogP contribution in [0.1, 0.15) is 5.69 Å². The van der Waals surface area contributed by atoms with Crippen molar-refractivity contribution in [1.82, 2.24) is 4.98 Å². The number of hydrogen-bond donors (Lipinski definition) is 2. The van der Waals surface area contributed by atoms with Gasteiger partial charge in [0.15, 0.2) is 0 Å². The summed E-state index contributed by atoms with van der Waals surface area (Å²) in [6.07, 6.45) is 1.74. The van der Waals surface area contributed by atoms with Crippen molar-refractivity contribution in [3.63, 3.8) is 0 Å². The standard InChI is InChI=1S/C12H12ClN3S/c13-9-2-1-3-12(6-9)17-8-11-7-10(16-14)4-5-15-11/h1-7H,8,14H2,(H,15,16). The summed E-state index contributed by atoms with van der Waals surface area (Å²) in [4.78, 5) is 5.41. The topological polar surface area (TPSA) is 50.9 Å². The summed E-state index contributed by atoms with van der Waals surface area (Å²) in [5.41, 5.74) is 4.44. The Bertz CT molecular complexity index is 505. The van der Waals surface area contributed by atoms with Crippen molar-refractivity contribution in [3.8, 4) is 0 Å². The molecule has 0 aliphatic carbocycles. The Morgan fingerprint density at radius 3 is 2.94 bits per heavy atom. The maximum atomic E-state index is 5.92. The van der Waals surface area contributed by atoms with Gasteiger partial charge in [0.05, 0.1) is 11.4 Å². The first kappa shape index (κ1) is 12.2. The smallest absolute Gasteiger partial charge is 0.0527 e. The molecule has 3 nitrogen and oxygen atoms in total.